The highest BCUT2D eigenvalue weighted by Gasteiger charge is 2.10. The maximum atomic E-state index is 12.1. The van der Waals surface area contributed by atoms with Crippen molar-refractivity contribution in [3.05, 3.63) is 47.8 Å². The van der Waals surface area contributed by atoms with Gasteiger partial charge in [-0.1, -0.05) is 6.07 Å². The Bertz CT molecular complexity index is 736. The van der Waals surface area contributed by atoms with Gasteiger partial charge >= 0.3 is 5.97 Å². The van der Waals surface area contributed by atoms with Crippen LogP contribution in [0.4, 0.5) is 11.6 Å². The van der Waals surface area contributed by atoms with E-state index in [1.54, 1.807) is 31.4 Å². The molecule has 0 atom stereocenters. The Morgan fingerprint density at radius 3 is 2.80 bits per heavy atom. The van der Waals surface area contributed by atoms with Crippen molar-refractivity contribution in [2.75, 3.05) is 32.7 Å². The second-order valence-electron chi connectivity index (χ2n) is 5.07. The summed E-state index contributed by atoms with van der Waals surface area (Å²) < 4.78 is 9.62. The number of rotatable bonds is 8. The van der Waals surface area contributed by atoms with Crippen LogP contribution in [0.5, 0.6) is 0 Å². The van der Waals surface area contributed by atoms with Gasteiger partial charge in [-0.05, 0) is 30.7 Å². The molecular weight excluding hydrogens is 324 g/mol. The van der Waals surface area contributed by atoms with Crippen molar-refractivity contribution in [2.45, 2.75) is 6.42 Å². The number of hydrogen-bond donors (Lipinski definition) is 2. The zero-order valence-corrected chi connectivity index (χ0v) is 14.1. The summed E-state index contributed by atoms with van der Waals surface area (Å²) in [6, 6.07) is 8.25. The summed E-state index contributed by atoms with van der Waals surface area (Å²) in [4.78, 5) is 31.9. The summed E-state index contributed by atoms with van der Waals surface area (Å²) in [6.45, 7) is 1.08. The molecule has 2 aromatic rings. The summed E-state index contributed by atoms with van der Waals surface area (Å²) in [5, 5.41) is 5.72. The monoisotopic (exact) mass is 344 g/mol. The first kappa shape index (κ1) is 18.3. The number of amides is 1. The second kappa shape index (κ2) is 9.33. The number of anilines is 2. The van der Waals surface area contributed by atoms with Crippen LogP contribution in [-0.4, -0.2) is 49.2 Å². The van der Waals surface area contributed by atoms with Crippen molar-refractivity contribution in [2.24, 2.45) is 0 Å². The van der Waals surface area contributed by atoms with Gasteiger partial charge in [0.15, 0.2) is 0 Å². The van der Waals surface area contributed by atoms with Gasteiger partial charge in [0.05, 0.1) is 12.7 Å². The fourth-order valence-electron chi connectivity index (χ4n) is 2.03. The van der Waals surface area contributed by atoms with E-state index in [0.29, 0.717) is 24.4 Å². The van der Waals surface area contributed by atoms with E-state index in [9.17, 15) is 9.59 Å². The van der Waals surface area contributed by atoms with Crippen LogP contribution in [0.25, 0.3) is 0 Å². The molecule has 0 saturated heterocycles. The van der Waals surface area contributed by atoms with Gasteiger partial charge in [0.1, 0.15) is 5.69 Å². The smallest absolute Gasteiger partial charge is 0.337 e. The number of nitrogens with one attached hydrogen (secondary N) is 2. The fraction of sp³-hybridized carbons (Fsp3) is 0.294. The van der Waals surface area contributed by atoms with Crippen molar-refractivity contribution < 1.29 is 19.1 Å². The molecule has 0 bridgehead atoms. The average Bonchev–Trinajstić information content (AvgIpc) is 2.65. The van der Waals surface area contributed by atoms with E-state index < -0.39 is 5.97 Å². The topological polar surface area (TPSA) is 102 Å². The molecule has 0 aliphatic heterocycles. The lowest BCUT2D eigenvalue weighted by atomic mass is 10.2. The molecule has 0 saturated carbocycles. The molecule has 0 aliphatic rings. The normalized spacial score (nSPS) is 10.2. The third kappa shape index (κ3) is 5.54. The van der Waals surface area contributed by atoms with E-state index in [1.165, 1.54) is 19.4 Å². The van der Waals surface area contributed by atoms with Gasteiger partial charge < -0.3 is 20.1 Å². The van der Waals surface area contributed by atoms with E-state index in [0.717, 1.165) is 6.42 Å². The lowest BCUT2D eigenvalue weighted by molar-refractivity contribution is 0.0600. The largest absolute Gasteiger partial charge is 0.465 e. The predicted octanol–water partition coefficient (Wildman–Crippen LogP) is 1.77. The number of aromatic nitrogens is 2. The zero-order valence-electron chi connectivity index (χ0n) is 14.1. The van der Waals surface area contributed by atoms with Crippen LogP contribution in [0.2, 0.25) is 0 Å². The summed E-state index contributed by atoms with van der Waals surface area (Å²) in [6.07, 6.45) is 2.21. The van der Waals surface area contributed by atoms with E-state index in [-0.39, 0.29) is 17.5 Å². The van der Waals surface area contributed by atoms with Gasteiger partial charge in [-0.25, -0.2) is 14.8 Å². The van der Waals surface area contributed by atoms with Gasteiger partial charge in [-0.15, -0.1) is 0 Å². The van der Waals surface area contributed by atoms with Crippen LogP contribution in [0.3, 0.4) is 0 Å². The van der Waals surface area contributed by atoms with Crippen molar-refractivity contribution in [1.29, 1.82) is 0 Å². The molecule has 8 nitrogen and oxygen atoms in total. The molecule has 0 aliphatic carbocycles. The Balaban J connectivity index is 2.04. The van der Waals surface area contributed by atoms with Crippen LogP contribution < -0.4 is 10.6 Å². The molecule has 1 aromatic carbocycles. The molecule has 0 radical (unpaired) electrons. The van der Waals surface area contributed by atoms with Crippen LogP contribution in [0.15, 0.2) is 36.5 Å². The van der Waals surface area contributed by atoms with Crippen LogP contribution in [-0.2, 0) is 9.47 Å². The number of esters is 1. The molecule has 2 N–H and O–H groups in total. The molecule has 1 aromatic heterocycles. The number of benzene rings is 1. The first-order valence-electron chi connectivity index (χ1n) is 7.69. The van der Waals surface area contributed by atoms with Crippen molar-refractivity contribution >= 4 is 23.5 Å². The van der Waals surface area contributed by atoms with Crippen molar-refractivity contribution in [3.8, 4) is 0 Å². The van der Waals surface area contributed by atoms with Gasteiger partial charge in [-0.2, -0.15) is 0 Å². The van der Waals surface area contributed by atoms with Gasteiger partial charge in [0.2, 0.25) is 5.95 Å². The van der Waals surface area contributed by atoms with Crippen LogP contribution >= 0.6 is 0 Å². The number of ether oxygens (including phenoxy) is 2. The Morgan fingerprint density at radius 2 is 2.04 bits per heavy atom. The number of nitrogens with zero attached hydrogens (tertiary/aromatic N) is 2. The molecule has 2 rings (SSSR count). The third-order valence-corrected chi connectivity index (χ3v) is 3.24. The van der Waals surface area contributed by atoms with Gasteiger partial charge in [0, 0.05) is 32.1 Å². The van der Waals surface area contributed by atoms with E-state index in [2.05, 4.69) is 25.3 Å². The number of carbonyl (C=O) groups excluding carboxylic acids is 2. The summed E-state index contributed by atoms with van der Waals surface area (Å²) in [7, 11) is 2.93. The lowest BCUT2D eigenvalue weighted by Crippen LogP contribution is -2.26. The first-order chi connectivity index (χ1) is 12.1. The van der Waals surface area contributed by atoms with E-state index >= 15 is 0 Å². The summed E-state index contributed by atoms with van der Waals surface area (Å²) >= 11 is 0. The van der Waals surface area contributed by atoms with Gasteiger partial charge in [0.25, 0.3) is 5.91 Å². The molecular formula is C17H20N4O4. The lowest BCUT2D eigenvalue weighted by Gasteiger charge is -2.08. The number of methoxy groups -OCH3 is 2. The maximum absolute atomic E-state index is 12.1. The second-order valence-corrected chi connectivity index (χ2v) is 5.07. The third-order valence-electron chi connectivity index (χ3n) is 3.24. The standard InChI is InChI=1S/C17H20N4O4/c1-24-10-4-8-18-15(22)14-7-9-19-17(21-14)20-13-6-3-5-12(11-13)16(23)25-2/h3,5-7,9,11H,4,8,10H2,1-2H3,(H,18,22)(H,19,20,21). The first-order valence-corrected chi connectivity index (χ1v) is 7.69. The molecule has 25 heavy (non-hydrogen) atoms. The summed E-state index contributed by atoms with van der Waals surface area (Å²) in [5.41, 5.74) is 1.26. The van der Waals surface area contributed by atoms with Gasteiger partial charge in [-0.3, -0.25) is 4.79 Å². The van der Waals surface area contributed by atoms with Crippen molar-refractivity contribution in [3.63, 3.8) is 0 Å². The maximum Gasteiger partial charge on any atom is 0.337 e. The molecule has 0 unspecified atom stereocenters. The minimum absolute atomic E-state index is 0.249. The highest BCUT2D eigenvalue weighted by molar-refractivity contribution is 5.92. The highest BCUT2D eigenvalue weighted by Crippen LogP contribution is 2.15. The minimum Gasteiger partial charge on any atom is -0.465 e. The Labute approximate surface area is 145 Å². The average molecular weight is 344 g/mol. The minimum atomic E-state index is -0.436. The molecule has 1 amide bonds. The quantitative estimate of drug-likeness (QED) is 0.556. The van der Waals surface area contributed by atoms with Crippen molar-refractivity contribution in [1.82, 2.24) is 15.3 Å². The van der Waals surface area contributed by atoms with Crippen LogP contribution in [0.1, 0.15) is 27.3 Å². The molecule has 0 fully saturated rings. The number of hydrogen-bond acceptors (Lipinski definition) is 7. The predicted molar refractivity (Wildman–Crippen MR) is 91.9 cm³/mol. The highest BCUT2D eigenvalue weighted by atomic mass is 16.5. The molecule has 8 heteroatoms. The Morgan fingerprint density at radius 1 is 1.20 bits per heavy atom. The Kier molecular flexibility index (Phi) is 6.85. The molecule has 0 spiro atoms. The molecule has 132 valence electrons. The zero-order chi connectivity index (χ0) is 18.1. The summed E-state index contributed by atoms with van der Waals surface area (Å²) in [5.74, 6) is -0.467. The Hall–Kier alpha value is -3.00. The van der Waals surface area contributed by atoms with E-state index in [1.807, 2.05) is 0 Å². The molecule has 1 heterocycles. The number of carbonyl (C=O) groups is 2. The van der Waals surface area contributed by atoms with E-state index in [4.69, 9.17) is 4.74 Å². The fourth-order valence-corrected chi connectivity index (χ4v) is 2.03. The SMILES string of the molecule is COCCCNC(=O)c1ccnc(Nc2cccc(C(=O)OC)c2)n1. The van der Waals surface area contributed by atoms with Crippen LogP contribution in [0, 0.1) is 0 Å².